The fourth-order valence-corrected chi connectivity index (χ4v) is 2.61. The predicted octanol–water partition coefficient (Wildman–Crippen LogP) is 3.06. The number of nitrogens with one attached hydrogen (secondary N) is 1. The van der Waals surface area contributed by atoms with Crippen molar-refractivity contribution in [2.24, 2.45) is 5.84 Å². The van der Waals surface area contributed by atoms with Gasteiger partial charge in [0.2, 0.25) is 0 Å². The molecule has 1 aromatic carbocycles. The second-order valence-corrected chi connectivity index (χ2v) is 5.57. The van der Waals surface area contributed by atoms with Gasteiger partial charge in [0.25, 0.3) is 0 Å². The van der Waals surface area contributed by atoms with Gasteiger partial charge in [-0.05, 0) is 47.5 Å². The van der Waals surface area contributed by atoms with Crippen molar-refractivity contribution in [1.82, 2.24) is 15.2 Å². The summed E-state index contributed by atoms with van der Waals surface area (Å²) in [4.78, 5) is 0. The number of hydrogen-bond acceptors (Lipinski definition) is 3. The molecule has 0 saturated carbocycles. The van der Waals surface area contributed by atoms with Gasteiger partial charge < -0.3 is 0 Å². The average molecular weight is 345 g/mol. The third kappa shape index (κ3) is 2.89. The molecular formula is C13H15BrF2N4. The molecule has 4 nitrogen and oxygen atoms in total. The van der Waals surface area contributed by atoms with Crippen molar-refractivity contribution in [2.75, 3.05) is 0 Å². The van der Waals surface area contributed by atoms with Crippen LogP contribution in [0.15, 0.2) is 28.9 Å². The van der Waals surface area contributed by atoms with Crippen molar-refractivity contribution in [3.63, 3.8) is 0 Å². The Kier molecular flexibility index (Phi) is 4.52. The molecule has 0 bridgehead atoms. The largest absolute Gasteiger partial charge is 0.271 e. The van der Waals surface area contributed by atoms with Crippen LogP contribution < -0.4 is 11.3 Å². The van der Waals surface area contributed by atoms with Crippen LogP contribution in [0, 0.1) is 11.6 Å². The highest BCUT2D eigenvalue weighted by Crippen LogP contribution is 2.30. The van der Waals surface area contributed by atoms with Crippen LogP contribution in [0.25, 0.3) is 0 Å². The maximum Gasteiger partial charge on any atom is 0.126 e. The molecule has 1 heterocycles. The number of hydrogen-bond donors (Lipinski definition) is 2. The smallest absolute Gasteiger partial charge is 0.126 e. The Hall–Kier alpha value is -1.31. The van der Waals surface area contributed by atoms with E-state index in [1.165, 1.54) is 12.1 Å². The maximum atomic E-state index is 13.4. The molecule has 3 N–H and O–H groups in total. The van der Waals surface area contributed by atoms with Crippen molar-refractivity contribution in [3.05, 3.63) is 51.8 Å². The highest BCUT2D eigenvalue weighted by molar-refractivity contribution is 9.10. The summed E-state index contributed by atoms with van der Waals surface area (Å²) in [6.07, 6.45) is 1.63. The molecule has 0 amide bonds. The van der Waals surface area contributed by atoms with Gasteiger partial charge in [-0.1, -0.05) is 0 Å². The first-order valence-electron chi connectivity index (χ1n) is 6.09. The average Bonchev–Trinajstić information content (AvgIpc) is 2.72. The minimum atomic E-state index is -0.646. The molecule has 2 rings (SSSR count). The fourth-order valence-electron chi connectivity index (χ4n) is 2.11. The standard InChI is InChI=1S/C13H15BrF2N4/c1-7(2)20-13(11(14)6-18-20)12(19-17)8-3-9(15)5-10(16)4-8/h3-7,12,19H,17H2,1-2H3. The molecule has 0 aliphatic rings. The summed E-state index contributed by atoms with van der Waals surface area (Å²) in [5.74, 6) is 4.28. The van der Waals surface area contributed by atoms with E-state index < -0.39 is 17.7 Å². The molecule has 0 aliphatic heterocycles. The van der Waals surface area contributed by atoms with Crippen LogP contribution in [0.1, 0.15) is 37.2 Å². The highest BCUT2D eigenvalue weighted by Gasteiger charge is 2.23. The van der Waals surface area contributed by atoms with E-state index in [-0.39, 0.29) is 6.04 Å². The van der Waals surface area contributed by atoms with Crippen LogP contribution in [0.2, 0.25) is 0 Å². The van der Waals surface area contributed by atoms with Crippen molar-refractivity contribution < 1.29 is 8.78 Å². The van der Waals surface area contributed by atoms with Gasteiger partial charge in [-0.3, -0.25) is 10.5 Å². The SMILES string of the molecule is CC(C)n1ncc(Br)c1C(NN)c1cc(F)cc(F)c1. The van der Waals surface area contributed by atoms with E-state index in [0.717, 1.165) is 10.5 Å². The molecule has 0 saturated heterocycles. The Morgan fingerprint density at radius 2 is 1.85 bits per heavy atom. The second kappa shape index (κ2) is 5.99. The first-order chi connectivity index (χ1) is 9.43. The first-order valence-corrected chi connectivity index (χ1v) is 6.88. The van der Waals surface area contributed by atoms with E-state index in [9.17, 15) is 8.78 Å². The van der Waals surface area contributed by atoms with Gasteiger partial charge in [0.15, 0.2) is 0 Å². The van der Waals surface area contributed by atoms with E-state index in [0.29, 0.717) is 11.3 Å². The quantitative estimate of drug-likeness (QED) is 0.662. The van der Waals surface area contributed by atoms with Gasteiger partial charge in [0.1, 0.15) is 11.6 Å². The molecule has 20 heavy (non-hydrogen) atoms. The van der Waals surface area contributed by atoms with Crippen LogP contribution in [-0.4, -0.2) is 9.78 Å². The summed E-state index contributed by atoms with van der Waals surface area (Å²) >= 11 is 3.39. The Bertz CT molecular complexity index is 592. The molecule has 0 fully saturated rings. The maximum absolute atomic E-state index is 13.4. The molecule has 0 radical (unpaired) electrons. The van der Waals surface area contributed by atoms with Gasteiger partial charge in [0, 0.05) is 12.1 Å². The Morgan fingerprint density at radius 3 is 2.35 bits per heavy atom. The zero-order chi connectivity index (χ0) is 14.9. The third-order valence-electron chi connectivity index (χ3n) is 2.93. The lowest BCUT2D eigenvalue weighted by Gasteiger charge is -2.21. The van der Waals surface area contributed by atoms with Gasteiger partial charge in [-0.15, -0.1) is 0 Å². The zero-order valence-corrected chi connectivity index (χ0v) is 12.7. The Morgan fingerprint density at radius 1 is 1.25 bits per heavy atom. The molecule has 0 spiro atoms. The third-order valence-corrected chi connectivity index (χ3v) is 3.55. The van der Waals surface area contributed by atoms with Gasteiger partial charge in [0.05, 0.1) is 22.4 Å². The fraction of sp³-hybridized carbons (Fsp3) is 0.308. The Labute approximate surface area is 124 Å². The number of benzene rings is 1. The number of halogens is 3. The van der Waals surface area contributed by atoms with E-state index in [2.05, 4.69) is 26.5 Å². The molecule has 1 aromatic heterocycles. The molecule has 0 aliphatic carbocycles. The summed E-state index contributed by atoms with van der Waals surface area (Å²) < 4.78 is 29.2. The predicted molar refractivity (Wildman–Crippen MR) is 75.8 cm³/mol. The molecule has 1 atom stereocenters. The first kappa shape index (κ1) is 15.1. The van der Waals surface area contributed by atoms with E-state index in [1.807, 2.05) is 13.8 Å². The van der Waals surface area contributed by atoms with Crippen LogP contribution in [0.4, 0.5) is 8.78 Å². The van der Waals surface area contributed by atoms with Gasteiger partial charge in [-0.2, -0.15) is 5.10 Å². The summed E-state index contributed by atoms with van der Waals surface area (Å²) in [5.41, 5.74) is 3.70. The van der Waals surface area contributed by atoms with Crippen LogP contribution in [0.3, 0.4) is 0 Å². The van der Waals surface area contributed by atoms with E-state index >= 15 is 0 Å². The summed E-state index contributed by atoms with van der Waals surface area (Å²) in [5, 5.41) is 4.24. The topological polar surface area (TPSA) is 55.9 Å². The molecule has 2 aromatic rings. The van der Waals surface area contributed by atoms with Crippen molar-refractivity contribution in [3.8, 4) is 0 Å². The molecule has 1 unspecified atom stereocenters. The van der Waals surface area contributed by atoms with Crippen LogP contribution in [-0.2, 0) is 0 Å². The monoisotopic (exact) mass is 344 g/mol. The lowest BCUT2D eigenvalue weighted by Crippen LogP contribution is -2.31. The number of rotatable bonds is 4. The van der Waals surface area contributed by atoms with E-state index in [1.54, 1.807) is 10.9 Å². The lowest BCUT2D eigenvalue weighted by molar-refractivity contribution is 0.472. The molecule has 7 heteroatoms. The highest BCUT2D eigenvalue weighted by atomic mass is 79.9. The molecule has 108 valence electrons. The zero-order valence-electron chi connectivity index (χ0n) is 11.1. The number of nitrogens with zero attached hydrogens (tertiary/aromatic N) is 2. The summed E-state index contributed by atoms with van der Waals surface area (Å²) in [7, 11) is 0. The van der Waals surface area contributed by atoms with Crippen LogP contribution >= 0.6 is 15.9 Å². The summed E-state index contributed by atoms with van der Waals surface area (Å²) in [6, 6.07) is 2.84. The number of nitrogens with two attached hydrogens (primary N) is 1. The van der Waals surface area contributed by atoms with Crippen molar-refractivity contribution in [1.29, 1.82) is 0 Å². The second-order valence-electron chi connectivity index (χ2n) is 4.72. The number of aromatic nitrogens is 2. The minimum absolute atomic E-state index is 0.0885. The van der Waals surface area contributed by atoms with E-state index in [4.69, 9.17) is 5.84 Å². The van der Waals surface area contributed by atoms with Crippen molar-refractivity contribution >= 4 is 15.9 Å². The van der Waals surface area contributed by atoms with Crippen molar-refractivity contribution in [2.45, 2.75) is 25.9 Å². The van der Waals surface area contributed by atoms with Gasteiger partial charge >= 0.3 is 0 Å². The summed E-state index contributed by atoms with van der Waals surface area (Å²) in [6.45, 7) is 3.92. The number of hydrazine groups is 1. The van der Waals surface area contributed by atoms with Gasteiger partial charge in [-0.25, -0.2) is 14.2 Å². The van der Waals surface area contributed by atoms with Crippen LogP contribution in [0.5, 0.6) is 0 Å². The lowest BCUT2D eigenvalue weighted by atomic mass is 10.0. The normalized spacial score (nSPS) is 12.9. The minimum Gasteiger partial charge on any atom is -0.271 e. The molecular weight excluding hydrogens is 330 g/mol. The Balaban J connectivity index is 2.55.